The van der Waals surface area contributed by atoms with Crippen LogP contribution in [-0.2, 0) is 4.74 Å². The maximum atomic E-state index is 6.12. The van der Waals surface area contributed by atoms with Gasteiger partial charge in [0.15, 0.2) is 0 Å². The van der Waals surface area contributed by atoms with E-state index in [2.05, 4.69) is 10.3 Å². The summed E-state index contributed by atoms with van der Waals surface area (Å²) in [5, 5.41) is 3.40. The lowest BCUT2D eigenvalue weighted by atomic mass is 9.82. The summed E-state index contributed by atoms with van der Waals surface area (Å²) in [5.74, 6) is 0. The first-order valence-corrected chi connectivity index (χ1v) is 7.15. The molecule has 1 saturated carbocycles. The molecule has 0 aliphatic heterocycles. The topological polar surface area (TPSA) is 60.2 Å². The lowest BCUT2D eigenvalue weighted by Gasteiger charge is -2.39. The molecule has 0 amide bonds. The largest absolute Gasteiger partial charge is 0.398 e. The second kappa shape index (κ2) is 6.35. The predicted octanol–water partition coefficient (Wildman–Crippen LogP) is 2.66. The van der Waals surface area contributed by atoms with Crippen molar-refractivity contribution in [3.63, 3.8) is 0 Å². The van der Waals surface area contributed by atoms with Crippen LogP contribution in [0.15, 0.2) is 18.5 Å². The molecule has 106 valence electrons. The maximum Gasteiger partial charge on any atom is 0.0873 e. The van der Waals surface area contributed by atoms with E-state index in [4.69, 9.17) is 10.5 Å². The molecule has 1 aromatic heterocycles. The number of aromatic nitrogens is 1. The summed E-state index contributed by atoms with van der Waals surface area (Å²) >= 11 is 0. The van der Waals surface area contributed by atoms with Crippen LogP contribution in [0, 0.1) is 0 Å². The Labute approximate surface area is 115 Å². The maximum absolute atomic E-state index is 6.12. The molecule has 19 heavy (non-hydrogen) atoms. The Bertz CT molecular complexity index is 400. The van der Waals surface area contributed by atoms with Gasteiger partial charge in [0.25, 0.3) is 0 Å². The fourth-order valence-corrected chi connectivity index (χ4v) is 3.30. The molecule has 0 spiro atoms. The quantitative estimate of drug-likeness (QED) is 0.820. The molecular formula is C15H25N3O. The van der Waals surface area contributed by atoms with Crippen LogP contribution in [0.2, 0.25) is 0 Å². The summed E-state index contributed by atoms with van der Waals surface area (Å²) in [5.41, 5.74) is 7.79. The van der Waals surface area contributed by atoms with Crippen molar-refractivity contribution in [1.29, 1.82) is 0 Å². The minimum absolute atomic E-state index is 0.101. The summed E-state index contributed by atoms with van der Waals surface area (Å²) in [7, 11) is 3.80. The number of pyridine rings is 1. The summed E-state index contributed by atoms with van der Waals surface area (Å²) in [6.45, 7) is 0. The van der Waals surface area contributed by atoms with E-state index in [-0.39, 0.29) is 11.6 Å². The molecule has 1 fully saturated rings. The van der Waals surface area contributed by atoms with Crippen LogP contribution in [0.3, 0.4) is 0 Å². The number of methoxy groups -OCH3 is 1. The van der Waals surface area contributed by atoms with Crippen molar-refractivity contribution in [2.75, 3.05) is 19.9 Å². The minimum Gasteiger partial charge on any atom is -0.398 e. The lowest BCUT2D eigenvalue weighted by molar-refractivity contribution is -0.0521. The van der Waals surface area contributed by atoms with Crippen LogP contribution < -0.4 is 11.1 Å². The highest BCUT2D eigenvalue weighted by atomic mass is 16.5. The van der Waals surface area contributed by atoms with Crippen LogP contribution in [-0.4, -0.2) is 24.7 Å². The summed E-state index contributed by atoms with van der Waals surface area (Å²) in [6.07, 6.45) is 10.8. The SMILES string of the molecule is CNC(c1cnccc1N)C1(OC)CCCCCC1. The van der Waals surface area contributed by atoms with Crippen LogP contribution >= 0.6 is 0 Å². The van der Waals surface area contributed by atoms with Crippen molar-refractivity contribution in [2.24, 2.45) is 0 Å². The van der Waals surface area contributed by atoms with Crippen molar-refractivity contribution in [3.05, 3.63) is 24.0 Å². The first kappa shape index (κ1) is 14.3. The Morgan fingerprint density at radius 3 is 2.53 bits per heavy atom. The zero-order chi connectivity index (χ0) is 13.7. The van der Waals surface area contributed by atoms with E-state index in [0.717, 1.165) is 24.1 Å². The van der Waals surface area contributed by atoms with Gasteiger partial charge in [-0.1, -0.05) is 25.7 Å². The average molecular weight is 263 g/mol. The Morgan fingerprint density at radius 2 is 2.00 bits per heavy atom. The molecule has 1 aromatic rings. The molecule has 0 saturated heterocycles. The second-order valence-electron chi connectivity index (χ2n) is 5.41. The minimum atomic E-state index is -0.164. The number of hydrogen-bond donors (Lipinski definition) is 2. The summed E-state index contributed by atoms with van der Waals surface area (Å²) in [4.78, 5) is 4.22. The molecule has 3 N–H and O–H groups in total. The van der Waals surface area contributed by atoms with Gasteiger partial charge in [0.2, 0.25) is 0 Å². The van der Waals surface area contributed by atoms with Crippen molar-refractivity contribution in [3.8, 4) is 0 Å². The number of ether oxygens (including phenoxy) is 1. The molecule has 1 heterocycles. The number of nitrogens with one attached hydrogen (secondary N) is 1. The Morgan fingerprint density at radius 1 is 1.32 bits per heavy atom. The molecule has 1 atom stereocenters. The summed E-state index contributed by atoms with van der Waals surface area (Å²) in [6, 6.07) is 1.96. The number of nitrogens with zero attached hydrogens (tertiary/aromatic N) is 1. The van der Waals surface area contributed by atoms with Gasteiger partial charge in [-0.05, 0) is 26.0 Å². The van der Waals surface area contributed by atoms with E-state index in [0.29, 0.717) is 0 Å². The van der Waals surface area contributed by atoms with E-state index < -0.39 is 0 Å². The van der Waals surface area contributed by atoms with Crippen molar-refractivity contribution >= 4 is 5.69 Å². The Kier molecular flexibility index (Phi) is 4.77. The van der Waals surface area contributed by atoms with Gasteiger partial charge in [0, 0.05) is 30.8 Å². The zero-order valence-electron chi connectivity index (χ0n) is 12.0. The van der Waals surface area contributed by atoms with Crippen LogP contribution in [0.4, 0.5) is 5.69 Å². The van der Waals surface area contributed by atoms with Crippen LogP contribution in [0.25, 0.3) is 0 Å². The van der Waals surface area contributed by atoms with Crippen LogP contribution in [0.5, 0.6) is 0 Å². The van der Waals surface area contributed by atoms with Crippen LogP contribution in [0.1, 0.15) is 50.1 Å². The second-order valence-corrected chi connectivity index (χ2v) is 5.41. The van der Waals surface area contributed by atoms with Crippen molar-refractivity contribution in [1.82, 2.24) is 10.3 Å². The van der Waals surface area contributed by atoms with Crippen molar-refractivity contribution in [2.45, 2.75) is 50.2 Å². The molecule has 4 nitrogen and oxygen atoms in total. The van der Waals surface area contributed by atoms with Gasteiger partial charge in [0.1, 0.15) is 0 Å². The third kappa shape index (κ3) is 2.90. The number of anilines is 1. The predicted molar refractivity (Wildman–Crippen MR) is 77.9 cm³/mol. The van der Waals surface area contributed by atoms with Gasteiger partial charge >= 0.3 is 0 Å². The number of nitrogen functional groups attached to an aromatic ring is 1. The third-order valence-corrected chi connectivity index (χ3v) is 4.37. The van der Waals surface area contributed by atoms with Gasteiger partial charge in [-0.2, -0.15) is 0 Å². The summed E-state index contributed by atoms with van der Waals surface area (Å²) < 4.78 is 5.98. The fourth-order valence-electron chi connectivity index (χ4n) is 3.30. The van der Waals surface area contributed by atoms with Gasteiger partial charge in [0.05, 0.1) is 11.6 Å². The number of rotatable bonds is 4. The molecule has 0 bridgehead atoms. The molecule has 1 unspecified atom stereocenters. The van der Waals surface area contributed by atoms with Gasteiger partial charge in [-0.15, -0.1) is 0 Å². The van der Waals surface area contributed by atoms with E-state index in [1.165, 1.54) is 25.7 Å². The highest BCUT2D eigenvalue weighted by Crippen LogP contribution is 2.41. The number of hydrogen-bond acceptors (Lipinski definition) is 4. The third-order valence-electron chi connectivity index (χ3n) is 4.37. The highest BCUT2D eigenvalue weighted by molar-refractivity contribution is 5.47. The van der Waals surface area contributed by atoms with Gasteiger partial charge in [-0.3, -0.25) is 4.98 Å². The zero-order valence-corrected chi connectivity index (χ0v) is 12.0. The molecule has 2 rings (SSSR count). The van der Waals surface area contributed by atoms with Gasteiger partial charge < -0.3 is 15.8 Å². The highest BCUT2D eigenvalue weighted by Gasteiger charge is 2.40. The molecule has 1 aliphatic carbocycles. The van der Waals surface area contributed by atoms with Crippen molar-refractivity contribution < 1.29 is 4.74 Å². The van der Waals surface area contributed by atoms with E-state index in [9.17, 15) is 0 Å². The van der Waals surface area contributed by atoms with E-state index in [1.807, 2.05) is 26.4 Å². The van der Waals surface area contributed by atoms with Gasteiger partial charge in [-0.25, -0.2) is 0 Å². The first-order valence-electron chi connectivity index (χ1n) is 7.15. The molecule has 1 aliphatic rings. The first-order chi connectivity index (χ1) is 9.23. The Hall–Kier alpha value is -1.13. The molecule has 4 heteroatoms. The standard InChI is InChI=1S/C15H25N3O/c1-17-14(12-11-18-10-7-13(12)16)15(19-2)8-5-3-4-6-9-15/h7,10-11,14,17H,3-6,8-9H2,1-2H3,(H2,16,18). The molecule has 0 aromatic carbocycles. The number of nitrogens with two attached hydrogens (primary N) is 1. The smallest absolute Gasteiger partial charge is 0.0873 e. The van der Waals surface area contributed by atoms with E-state index in [1.54, 1.807) is 6.20 Å². The monoisotopic (exact) mass is 263 g/mol. The normalized spacial score (nSPS) is 20.7. The molecule has 0 radical (unpaired) electrons. The molecular weight excluding hydrogens is 238 g/mol. The number of likely N-dealkylation sites (N-methyl/N-ethyl adjacent to an activating group) is 1. The fraction of sp³-hybridized carbons (Fsp3) is 0.667. The average Bonchev–Trinajstić information content (AvgIpc) is 2.68. The Balaban J connectivity index is 2.35. The lowest BCUT2D eigenvalue weighted by Crippen LogP contribution is -2.44. The van der Waals surface area contributed by atoms with E-state index >= 15 is 0 Å².